The molecule has 0 unspecified atom stereocenters. The molecule has 0 radical (unpaired) electrons. The average molecular weight is 555 g/mol. The van der Waals surface area contributed by atoms with Crippen LogP contribution in [-0.2, 0) is 9.59 Å². The Hall–Kier alpha value is -4.68. The van der Waals surface area contributed by atoms with E-state index in [1.165, 1.54) is 24.9 Å². The van der Waals surface area contributed by atoms with Gasteiger partial charge in [0, 0.05) is 22.6 Å². The van der Waals surface area contributed by atoms with E-state index >= 15 is 0 Å². The fourth-order valence-electron chi connectivity index (χ4n) is 4.58. The summed E-state index contributed by atoms with van der Waals surface area (Å²) in [6, 6.07) is 21.8. The smallest absolute Gasteiger partial charge is 0.254 e. The molecular weight excluding hydrogens is 524 g/mol. The number of hydrogen-bond acceptors (Lipinski definition) is 7. The predicted octanol–water partition coefficient (Wildman–Crippen LogP) is 5.72. The van der Waals surface area contributed by atoms with Gasteiger partial charge in [-0.25, -0.2) is 0 Å². The summed E-state index contributed by atoms with van der Waals surface area (Å²) in [5.74, 6) is -1.16. The third-order valence-electron chi connectivity index (χ3n) is 6.55. The lowest BCUT2D eigenvalue weighted by atomic mass is 9.82. The number of ether oxygens (including phenoxy) is 1. The van der Waals surface area contributed by atoms with Crippen LogP contribution < -0.4 is 20.7 Å². The molecule has 0 fully saturated rings. The zero-order chi connectivity index (χ0) is 28.8. The van der Waals surface area contributed by atoms with Gasteiger partial charge in [0.25, 0.3) is 5.91 Å². The molecule has 0 bridgehead atoms. The first-order valence-corrected chi connectivity index (χ1v) is 13.6. The van der Waals surface area contributed by atoms with Crippen LogP contribution in [0.25, 0.3) is 0 Å². The summed E-state index contributed by atoms with van der Waals surface area (Å²) in [4.78, 5) is 26.5. The number of para-hydroxylation sites is 2. The number of rotatable bonds is 8. The van der Waals surface area contributed by atoms with E-state index in [1.54, 1.807) is 31.2 Å². The summed E-state index contributed by atoms with van der Waals surface area (Å²) in [6.45, 7) is 5.62. The van der Waals surface area contributed by atoms with Crippen LogP contribution >= 0.6 is 11.8 Å². The molecule has 1 aliphatic heterocycles. The van der Waals surface area contributed by atoms with Gasteiger partial charge < -0.3 is 25.8 Å². The number of nitriles is 1. The molecule has 40 heavy (non-hydrogen) atoms. The summed E-state index contributed by atoms with van der Waals surface area (Å²) in [5, 5.41) is 30.1. The normalized spacial score (nSPS) is 14.7. The van der Waals surface area contributed by atoms with Gasteiger partial charge in [-0.1, -0.05) is 54.2 Å². The number of allylic oxidation sites excluding steroid dienone is 2. The first-order chi connectivity index (χ1) is 19.2. The molecule has 204 valence electrons. The Bertz CT molecular complexity index is 1540. The lowest BCUT2D eigenvalue weighted by molar-refractivity contribution is -0.114. The van der Waals surface area contributed by atoms with Gasteiger partial charge in [-0.3, -0.25) is 9.59 Å². The number of carbonyl (C=O) groups is 2. The third kappa shape index (κ3) is 6.14. The largest absolute Gasteiger partial charge is 0.504 e. The van der Waals surface area contributed by atoms with E-state index in [-0.39, 0.29) is 34.6 Å². The minimum absolute atomic E-state index is 0.0474. The van der Waals surface area contributed by atoms with Gasteiger partial charge in [-0.2, -0.15) is 5.26 Å². The molecule has 0 saturated heterocycles. The molecule has 2 amide bonds. The molecule has 3 aromatic carbocycles. The van der Waals surface area contributed by atoms with Gasteiger partial charge in [0.1, 0.15) is 0 Å². The number of dihydropyridines is 1. The lowest BCUT2D eigenvalue weighted by Gasteiger charge is -2.30. The molecule has 0 spiro atoms. The van der Waals surface area contributed by atoms with E-state index in [0.29, 0.717) is 27.6 Å². The van der Waals surface area contributed by atoms with Crippen LogP contribution in [0, 0.1) is 25.2 Å². The number of thioether (sulfide) groups is 1. The number of aromatic hydroxyl groups is 1. The minimum Gasteiger partial charge on any atom is -0.504 e. The number of phenolic OH excluding ortho intramolecular Hbond substituents is 1. The van der Waals surface area contributed by atoms with Gasteiger partial charge in [-0.15, -0.1) is 0 Å². The number of amides is 2. The van der Waals surface area contributed by atoms with Crippen molar-refractivity contribution in [1.29, 1.82) is 5.26 Å². The number of aryl methyl sites for hydroxylation is 2. The number of methoxy groups -OCH3 is 1. The van der Waals surface area contributed by atoms with E-state index in [1.807, 2.05) is 50.2 Å². The predicted molar refractivity (Wildman–Crippen MR) is 158 cm³/mol. The topological polar surface area (TPSA) is 123 Å². The highest BCUT2D eigenvalue weighted by Crippen LogP contribution is 2.43. The van der Waals surface area contributed by atoms with Gasteiger partial charge in [0.15, 0.2) is 11.5 Å². The summed E-state index contributed by atoms with van der Waals surface area (Å²) in [6.07, 6.45) is 0. The second kappa shape index (κ2) is 12.5. The van der Waals surface area contributed by atoms with Crippen LogP contribution in [0.4, 0.5) is 11.4 Å². The van der Waals surface area contributed by atoms with E-state index in [9.17, 15) is 20.0 Å². The molecular formula is C31H30N4O4S. The monoisotopic (exact) mass is 554 g/mol. The maximum atomic E-state index is 13.6. The maximum absolute atomic E-state index is 13.6. The number of phenols is 1. The van der Waals surface area contributed by atoms with Crippen molar-refractivity contribution in [2.75, 3.05) is 23.5 Å². The van der Waals surface area contributed by atoms with Crippen LogP contribution in [0.2, 0.25) is 0 Å². The van der Waals surface area contributed by atoms with Crippen molar-refractivity contribution >= 4 is 35.0 Å². The standard InChI is InChI=1S/C31H30N4O4S/c1-18-9-8-10-19(2)29(18)35-26(37)17-40-31-23(16-32)28(21-13-14-24(36)25(15-21)39-4)27(20(3)33-31)30(38)34-22-11-6-5-7-12-22/h5-15,28,33,36H,17H2,1-4H3,(H,34,38)(H,35,37)/t28-/m0/s1. The quantitative estimate of drug-likeness (QED) is 0.281. The molecule has 0 aliphatic carbocycles. The van der Waals surface area contributed by atoms with Crippen molar-refractivity contribution in [3.63, 3.8) is 0 Å². The van der Waals surface area contributed by atoms with Gasteiger partial charge in [0.2, 0.25) is 5.91 Å². The molecule has 1 atom stereocenters. The summed E-state index contributed by atoms with van der Waals surface area (Å²) in [5.41, 5.74) is 5.05. The Labute approximate surface area is 237 Å². The number of carbonyl (C=O) groups excluding carboxylic acids is 2. The Morgan fingerprint density at radius 2 is 1.73 bits per heavy atom. The average Bonchev–Trinajstić information content (AvgIpc) is 2.94. The Balaban J connectivity index is 1.68. The van der Waals surface area contributed by atoms with Gasteiger partial charge >= 0.3 is 0 Å². The summed E-state index contributed by atoms with van der Waals surface area (Å²) in [7, 11) is 1.43. The molecule has 0 aromatic heterocycles. The van der Waals surface area contributed by atoms with Crippen molar-refractivity contribution in [3.05, 3.63) is 105 Å². The fourth-order valence-corrected chi connectivity index (χ4v) is 5.47. The van der Waals surface area contributed by atoms with E-state index < -0.39 is 5.92 Å². The van der Waals surface area contributed by atoms with Crippen LogP contribution in [-0.4, -0.2) is 29.8 Å². The van der Waals surface area contributed by atoms with E-state index in [0.717, 1.165) is 16.8 Å². The Morgan fingerprint density at radius 1 is 1.02 bits per heavy atom. The van der Waals surface area contributed by atoms with Crippen LogP contribution in [0.15, 0.2) is 88.6 Å². The van der Waals surface area contributed by atoms with Gasteiger partial charge in [0.05, 0.1) is 35.5 Å². The highest BCUT2D eigenvalue weighted by atomic mass is 32.2. The SMILES string of the molecule is COc1cc([C@H]2C(C#N)=C(SCC(=O)Nc3c(C)cccc3C)NC(C)=C2C(=O)Nc2ccccc2)ccc1O. The minimum atomic E-state index is -0.770. The molecule has 1 aliphatic rings. The summed E-state index contributed by atoms with van der Waals surface area (Å²) < 4.78 is 5.31. The Kier molecular flexibility index (Phi) is 8.82. The zero-order valence-electron chi connectivity index (χ0n) is 22.7. The Morgan fingerprint density at radius 3 is 2.38 bits per heavy atom. The maximum Gasteiger partial charge on any atom is 0.254 e. The highest BCUT2D eigenvalue weighted by molar-refractivity contribution is 8.03. The van der Waals surface area contributed by atoms with Crippen molar-refractivity contribution in [3.8, 4) is 17.6 Å². The highest BCUT2D eigenvalue weighted by Gasteiger charge is 2.35. The zero-order valence-corrected chi connectivity index (χ0v) is 23.5. The fraction of sp³-hybridized carbons (Fsp3) is 0.194. The molecule has 8 nitrogen and oxygen atoms in total. The van der Waals surface area contributed by atoms with Crippen molar-refractivity contribution < 1.29 is 19.4 Å². The molecule has 4 N–H and O–H groups in total. The molecule has 4 rings (SSSR count). The van der Waals surface area contributed by atoms with Crippen molar-refractivity contribution in [2.45, 2.75) is 26.7 Å². The van der Waals surface area contributed by atoms with Gasteiger partial charge in [-0.05, 0) is 61.7 Å². The second-order valence-electron chi connectivity index (χ2n) is 9.31. The number of nitrogens with zero attached hydrogens (tertiary/aromatic N) is 1. The number of benzene rings is 3. The van der Waals surface area contributed by atoms with Crippen molar-refractivity contribution in [1.82, 2.24) is 5.32 Å². The van der Waals surface area contributed by atoms with Crippen LogP contribution in [0.5, 0.6) is 11.5 Å². The number of hydrogen-bond donors (Lipinski definition) is 4. The van der Waals surface area contributed by atoms with E-state index in [4.69, 9.17) is 4.74 Å². The third-order valence-corrected chi connectivity index (χ3v) is 7.57. The number of anilines is 2. The number of nitrogens with one attached hydrogen (secondary N) is 3. The molecule has 0 saturated carbocycles. The van der Waals surface area contributed by atoms with Crippen molar-refractivity contribution in [2.24, 2.45) is 0 Å². The van der Waals surface area contributed by atoms with Crippen LogP contribution in [0.3, 0.4) is 0 Å². The first kappa shape index (κ1) is 28.3. The summed E-state index contributed by atoms with van der Waals surface area (Å²) >= 11 is 1.19. The van der Waals surface area contributed by atoms with E-state index in [2.05, 4.69) is 22.0 Å². The second-order valence-corrected chi connectivity index (χ2v) is 10.3. The molecule has 1 heterocycles. The first-order valence-electron chi connectivity index (χ1n) is 12.6. The lowest BCUT2D eigenvalue weighted by Crippen LogP contribution is -2.31. The van der Waals surface area contributed by atoms with Crippen LogP contribution in [0.1, 0.15) is 29.5 Å². The molecule has 3 aromatic rings. The molecule has 9 heteroatoms.